The number of hydrogen-bond acceptors (Lipinski definition) is 2. The molecule has 118 valence electrons. The topological polar surface area (TPSA) is 57.6 Å². The molecule has 1 aromatic carbocycles. The third-order valence-electron chi connectivity index (χ3n) is 5.10. The molecule has 1 aliphatic heterocycles. The largest absolute Gasteiger partial charge is 0.481 e. The predicted octanol–water partition coefficient (Wildman–Crippen LogP) is 2.58. The fraction of sp³-hybridized carbons (Fsp3) is 0.556. The van der Waals surface area contributed by atoms with Crippen molar-refractivity contribution in [3.05, 3.63) is 35.9 Å². The minimum Gasteiger partial charge on any atom is -0.481 e. The quantitative estimate of drug-likeness (QED) is 0.930. The fourth-order valence-electron chi connectivity index (χ4n) is 3.84. The molecule has 3 atom stereocenters. The van der Waals surface area contributed by atoms with E-state index in [9.17, 15) is 9.59 Å². The van der Waals surface area contributed by atoms with Crippen molar-refractivity contribution in [2.24, 2.45) is 17.8 Å². The fourth-order valence-corrected chi connectivity index (χ4v) is 3.84. The van der Waals surface area contributed by atoms with Gasteiger partial charge in [0.2, 0.25) is 5.91 Å². The zero-order valence-electron chi connectivity index (χ0n) is 12.8. The van der Waals surface area contributed by atoms with Crippen LogP contribution in [0.15, 0.2) is 30.3 Å². The van der Waals surface area contributed by atoms with E-state index in [2.05, 4.69) is 24.3 Å². The van der Waals surface area contributed by atoms with Crippen molar-refractivity contribution in [2.45, 2.75) is 32.1 Å². The number of nitrogens with zero attached hydrogens (tertiary/aromatic N) is 1. The van der Waals surface area contributed by atoms with Crippen molar-refractivity contribution in [3.8, 4) is 0 Å². The van der Waals surface area contributed by atoms with E-state index in [1.807, 2.05) is 11.0 Å². The number of hydrogen-bond donors (Lipinski definition) is 1. The van der Waals surface area contributed by atoms with Crippen LogP contribution >= 0.6 is 0 Å². The Hall–Kier alpha value is -1.84. The lowest BCUT2D eigenvalue weighted by molar-refractivity contribution is -0.141. The van der Waals surface area contributed by atoms with Gasteiger partial charge in [-0.15, -0.1) is 0 Å². The van der Waals surface area contributed by atoms with Gasteiger partial charge < -0.3 is 10.0 Å². The van der Waals surface area contributed by atoms with Crippen molar-refractivity contribution in [1.29, 1.82) is 0 Å². The van der Waals surface area contributed by atoms with Gasteiger partial charge in [0.25, 0.3) is 0 Å². The third kappa shape index (κ3) is 3.32. The molecule has 1 saturated carbocycles. The molecule has 0 bridgehead atoms. The second-order valence-electron chi connectivity index (χ2n) is 6.67. The van der Waals surface area contributed by atoms with Gasteiger partial charge in [0.1, 0.15) is 0 Å². The molecule has 1 saturated heterocycles. The summed E-state index contributed by atoms with van der Waals surface area (Å²) in [6, 6.07) is 10.4. The van der Waals surface area contributed by atoms with Crippen molar-refractivity contribution < 1.29 is 14.7 Å². The van der Waals surface area contributed by atoms with Gasteiger partial charge in [-0.1, -0.05) is 30.3 Å². The molecule has 1 unspecified atom stereocenters. The van der Waals surface area contributed by atoms with Crippen LogP contribution in [0.5, 0.6) is 0 Å². The molecule has 0 aromatic heterocycles. The lowest BCUT2D eigenvalue weighted by Gasteiger charge is -2.20. The normalized spacial score (nSPS) is 28.0. The highest BCUT2D eigenvalue weighted by atomic mass is 16.4. The summed E-state index contributed by atoms with van der Waals surface area (Å²) in [5, 5.41) is 9.06. The van der Waals surface area contributed by atoms with E-state index in [4.69, 9.17) is 5.11 Å². The number of aliphatic carboxylic acids is 1. The summed E-state index contributed by atoms with van der Waals surface area (Å²) in [6.07, 6.45) is 3.97. The Kier molecular flexibility index (Phi) is 4.46. The monoisotopic (exact) mass is 301 g/mol. The number of carbonyl (C=O) groups is 2. The average molecular weight is 301 g/mol. The Bertz CT molecular complexity index is 543. The van der Waals surface area contributed by atoms with E-state index in [0.29, 0.717) is 18.8 Å². The molecule has 1 aromatic rings. The number of amides is 1. The van der Waals surface area contributed by atoms with Gasteiger partial charge >= 0.3 is 5.97 Å². The van der Waals surface area contributed by atoms with Crippen LogP contribution in [0.2, 0.25) is 0 Å². The van der Waals surface area contributed by atoms with Crippen molar-refractivity contribution in [2.75, 3.05) is 13.1 Å². The molecular formula is C18H23NO3. The Balaban J connectivity index is 1.52. The molecule has 2 aliphatic rings. The first-order valence-corrected chi connectivity index (χ1v) is 8.19. The first-order chi connectivity index (χ1) is 10.6. The van der Waals surface area contributed by atoms with Gasteiger partial charge in [-0.2, -0.15) is 0 Å². The molecule has 22 heavy (non-hydrogen) atoms. The Morgan fingerprint density at radius 1 is 1.09 bits per heavy atom. The number of carboxylic acids is 1. The smallest absolute Gasteiger partial charge is 0.306 e. The van der Waals surface area contributed by atoms with Crippen LogP contribution in [0.1, 0.15) is 31.2 Å². The maximum Gasteiger partial charge on any atom is 0.306 e. The highest BCUT2D eigenvalue weighted by molar-refractivity contribution is 5.81. The lowest BCUT2D eigenvalue weighted by atomic mass is 9.99. The Morgan fingerprint density at radius 2 is 1.82 bits per heavy atom. The van der Waals surface area contributed by atoms with E-state index >= 15 is 0 Å². The van der Waals surface area contributed by atoms with E-state index in [1.54, 1.807) is 0 Å². The van der Waals surface area contributed by atoms with Gasteiger partial charge in [0.05, 0.1) is 5.92 Å². The molecule has 1 N–H and O–H groups in total. The van der Waals surface area contributed by atoms with Crippen LogP contribution in [0.4, 0.5) is 0 Å². The average Bonchev–Trinajstić information content (AvgIpc) is 3.17. The molecule has 3 rings (SSSR count). The van der Waals surface area contributed by atoms with E-state index in [0.717, 1.165) is 32.4 Å². The number of carboxylic acid groups (broad SMARTS) is 1. The van der Waals surface area contributed by atoms with Gasteiger partial charge in [-0.05, 0) is 43.6 Å². The number of likely N-dealkylation sites (tertiary alicyclic amines) is 1. The van der Waals surface area contributed by atoms with Gasteiger partial charge in [-0.25, -0.2) is 0 Å². The van der Waals surface area contributed by atoms with Crippen LogP contribution in [-0.2, 0) is 16.0 Å². The molecule has 2 fully saturated rings. The molecular weight excluding hydrogens is 278 g/mol. The van der Waals surface area contributed by atoms with Crippen LogP contribution in [-0.4, -0.2) is 35.0 Å². The first kappa shape index (κ1) is 15.1. The molecule has 1 aliphatic carbocycles. The van der Waals surface area contributed by atoms with Crippen molar-refractivity contribution >= 4 is 11.9 Å². The highest BCUT2D eigenvalue weighted by Crippen LogP contribution is 2.33. The maximum atomic E-state index is 12.5. The zero-order valence-corrected chi connectivity index (χ0v) is 12.8. The van der Waals surface area contributed by atoms with Gasteiger partial charge in [0, 0.05) is 19.0 Å². The second kappa shape index (κ2) is 6.51. The van der Waals surface area contributed by atoms with E-state index in [1.165, 1.54) is 5.56 Å². The Morgan fingerprint density at radius 3 is 2.50 bits per heavy atom. The number of rotatable bonds is 4. The highest BCUT2D eigenvalue weighted by Gasteiger charge is 2.37. The van der Waals surface area contributed by atoms with Crippen LogP contribution in [0, 0.1) is 17.8 Å². The minimum atomic E-state index is -0.751. The Labute approximate surface area is 131 Å². The molecule has 0 radical (unpaired) electrons. The lowest BCUT2D eigenvalue weighted by Crippen LogP contribution is -2.34. The van der Waals surface area contributed by atoms with Crippen molar-refractivity contribution in [1.82, 2.24) is 4.90 Å². The van der Waals surface area contributed by atoms with Crippen LogP contribution in [0.3, 0.4) is 0 Å². The number of benzene rings is 1. The van der Waals surface area contributed by atoms with E-state index < -0.39 is 5.97 Å². The zero-order chi connectivity index (χ0) is 15.5. The van der Waals surface area contributed by atoms with Crippen molar-refractivity contribution in [3.63, 3.8) is 0 Å². The maximum absolute atomic E-state index is 12.5. The van der Waals surface area contributed by atoms with Gasteiger partial charge in [-0.3, -0.25) is 9.59 Å². The minimum absolute atomic E-state index is 0.0726. The second-order valence-corrected chi connectivity index (χ2v) is 6.67. The first-order valence-electron chi connectivity index (χ1n) is 8.19. The molecule has 1 heterocycles. The predicted molar refractivity (Wildman–Crippen MR) is 83.3 cm³/mol. The van der Waals surface area contributed by atoms with Crippen LogP contribution < -0.4 is 0 Å². The summed E-state index contributed by atoms with van der Waals surface area (Å²) in [4.78, 5) is 25.5. The molecule has 0 spiro atoms. The summed E-state index contributed by atoms with van der Waals surface area (Å²) in [6.45, 7) is 1.65. The summed E-state index contributed by atoms with van der Waals surface area (Å²) >= 11 is 0. The summed E-state index contributed by atoms with van der Waals surface area (Å²) in [7, 11) is 0. The summed E-state index contributed by atoms with van der Waals surface area (Å²) in [5.74, 6) is -0.436. The third-order valence-corrected chi connectivity index (χ3v) is 5.10. The molecule has 4 nitrogen and oxygen atoms in total. The van der Waals surface area contributed by atoms with Crippen LogP contribution in [0.25, 0.3) is 0 Å². The molecule has 1 amide bonds. The standard InChI is InChI=1S/C18H23NO3/c20-17(15-6-7-16(11-15)18(21)22)19-9-8-14(12-19)10-13-4-2-1-3-5-13/h1-5,14-16H,6-12H2,(H,21,22)/t14?,15-,16+/m0/s1. The van der Waals surface area contributed by atoms with E-state index in [-0.39, 0.29) is 17.7 Å². The van der Waals surface area contributed by atoms with Gasteiger partial charge in [0.15, 0.2) is 0 Å². The summed E-state index contributed by atoms with van der Waals surface area (Å²) < 4.78 is 0. The summed E-state index contributed by atoms with van der Waals surface area (Å²) in [5.41, 5.74) is 1.33. The number of carbonyl (C=O) groups excluding carboxylic acids is 1. The SMILES string of the molecule is O=C(O)[C@@H]1CC[C@H](C(=O)N2CCC(Cc3ccccc3)C2)C1. The molecule has 4 heteroatoms.